The van der Waals surface area contributed by atoms with E-state index in [2.05, 4.69) is 27.0 Å². The standard InChI is InChI=1S/C47H44N8O8/c1-53-28-32(10-22-42(53)57)31-8-13-34(14-9-31)54(35-15-11-33(12-16-35)51-40-20-7-30(25-48)27-49-40)47(61)50-26-29-5-17-36(18-6-29)62-23-24-63-39-4-2-3-37-43(39)46(60)55(45(37)59)38-19-21-41(56)52-44(38)58/h2-10,13-14,17-18,20,22,27-28,33,35,38H,11-12,15-16,19,21,23-24,26H2,1H3,(H,49,51)(H,50,61)(H,52,56,58). The topological polar surface area (TPSA) is 205 Å². The highest BCUT2D eigenvalue weighted by Crippen LogP contribution is 2.34. The molecule has 1 atom stereocenters. The van der Waals surface area contributed by atoms with Gasteiger partial charge in [0, 0.05) is 56.2 Å². The fourth-order valence-corrected chi connectivity index (χ4v) is 8.19. The molecule has 16 nitrogen and oxygen atoms in total. The van der Waals surface area contributed by atoms with Gasteiger partial charge in [-0.2, -0.15) is 5.26 Å². The summed E-state index contributed by atoms with van der Waals surface area (Å²) in [5, 5.41) is 17.9. The Labute approximate surface area is 362 Å². The summed E-state index contributed by atoms with van der Waals surface area (Å²) >= 11 is 0. The second kappa shape index (κ2) is 18.4. The van der Waals surface area contributed by atoms with E-state index in [1.165, 1.54) is 16.7 Å². The summed E-state index contributed by atoms with van der Waals surface area (Å²) in [6.45, 7) is 0.439. The molecule has 63 heavy (non-hydrogen) atoms. The smallest absolute Gasteiger partial charge is 0.322 e. The van der Waals surface area contributed by atoms with Gasteiger partial charge in [0.25, 0.3) is 11.8 Å². The van der Waals surface area contributed by atoms with Gasteiger partial charge in [0.05, 0.1) is 16.7 Å². The summed E-state index contributed by atoms with van der Waals surface area (Å²) in [6, 6.07) is 27.4. The van der Waals surface area contributed by atoms with Crippen molar-refractivity contribution in [2.45, 2.75) is 63.2 Å². The summed E-state index contributed by atoms with van der Waals surface area (Å²) in [4.78, 5) is 83.8. The predicted octanol–water partition coefficient (Wildman–Crippen LogP) is 5.32. The molecule has 8 rings (SSSR count). The van der Waals surface area contributed by atoms with Gasteiger partial charge in [0.2, 0.25) is 17.4 Å². The van der Waals surface area contributed by atoms with E-state index < -0.39 is 29.7 Å². The van der Waals surface area contributed by atoms with Crippen molar-refractivity contribution in [1.29, 1.82) is 5.26 Å². The summed E-state index contributed by atoms with van der Waals surface area (Å²) in [5.74, 6) is -0.937. The molecule has 320 valence electrons. The van der Waals surface area contributed by atoms with Crippen molar-refractivity contribution in [1.82, 2.24) is 25.1 Å². The average Bonchev–Trinajstić information content (AvgIpc) is 3.55. The lowest BCUT2D eigenvalue weighted by atomic mass is 9.89. The van der Waals surface area contributed by atoms with Crippen LogP contribution in [0.5, 0.6) is 11.5 Å². The largest absolute Gasteiger partial charge is 0.490 e. The summed E-state index contributed by atoms with van der Waals surface area (Å²) < 4.78 is 13.3. The van der Waals surface area contributed by atoms with Gasteiger partial charge >= 0.3 is 6.03 Å². The highest BCUT2D eigenvalue weighted by molar-refractivity contribution is 6.24. The summed E-state index contributed by atoms with van der Waals surface area (Å²) in [7, 11) is 1.71. The highest BCUT2D eigenvalue weighted by atomic mass is 16.5. The maximum Gasteiger partial charge on any atom is 0.322 e. The summed E-state index contributed by atoms with van der Waals surface area (Å²) in [6.07, 6.45) is 6.54. The van der Waals surface area contributed by atoms with Crippen LogP contribution in [0.15, 0.2) is 108 Å². The van der Waals surface area contributed by atoms with Crippen LogP contribution in [-0.2, 0) is 23.2 Å². The minimum absolute atomic E-state index is 0.0259. The molecule has 2 aliphatic heterocycles. The second-order valence-electron chi connectivity index (χ2n) is 15.6. The molecule has 1 unspecified atom stereocenters. The minimum atomic E-state index is -1.08. The highest BCUT2D eigenvalue weighted by Gasteiger charge is 2.46. The van der Waals surface area contributed by atoms with Crippen LogP contribution < -0.4 is 35.9 Å². The van der Waals surface area contributed by atoms with Crippen molar-refractivity contribution in [2.24, 2.45) is 7.05 Å². The zero-order valence-electron chi connectivity index (χ0n) is 34.4. The molecule has 1 aliphatic carbocycles. The van der Waals surface area contributed by atoms with Gasteiger partial charge in [-0.3, -0.25) is 39.1 Å². The maximum absolute atomic E-state index is 14.1. The number of rotatable bonds is 13. The molecule has 2 aromatic heterocycles. The number of imide groups is 2. The van der Waals surface area contributed by atoms with E-state index in [0.717, 1.165) is 53.0 Å². The summed E-state index contributed by atoms with van der Waals surface area (Å²) in [5.41, 5.74) is 4.00. The number of fused-ring (bicyclic) bond motifs is 1. The van der Waals surface area contributed by atoms with E-state index in [4.69, 9.17) is 14.7 Å². The van der Waals surface area contributed by atoms with E-state index in [1.54, 1.807) is 61.9 Å². The number of hydrogen-bond donors (Lipinski definition) is 3. The fourth-order valence-electron chi connectivity index (χ4n) is 8.19. The lowest BCUT2D eigenvalue weighted by Gasteiger charge is -2.37. The first kappa shape index (κ1) is 41.9. The van der Waals surface area contributed by atoms with Crippen LogP contribution in [0.4, 0.5) is 16.3 Å². The van der Waals surface area contributed by atoms with Gasteiger partial charge < -0.3 is 24.7 Å². The molecule has 3 aliphatic rings. The number of benzene rings is 3. The van der Waals surface area contributed by atoms with E-state index >= 15 is 0 Å². The Kier molecular flexibility index (Phi) is 12.3. The first-order valence-electron chi connectivity index (χ1n) is 20.7. The Morgan fingerprint density at radius 1 is 0.857 bits per heavy atom. The molecule has 0 radical (unpaired) electrons. The van der Waals surface area contributed by atoms with Crippen molar-refractivity contribution < 1.29 is 33.4 Å². The van der Waals surface area contributed by atoms with Crippen LogP contribution in [0.25, 0.3) is 11.1 Å². The molecule has 1 saturated carbocycles. The molecule has 3 aromatic carbocycles. The number of amides is 6. The number of urea groups is 1. The SMILES string of the molecule is Cn1cc(-c2ccc(N(C(=O)NCc3ccc(OCCOc4cccc5c4C(=O)N(C4CCC(=O)NC4=O)C5=O)cc3)C3CCC(Nc4ccc(C#N)cn4)CC3)cc2)ccc1=O. The number of nitriles is 1. The normalized spacial score (nSPS) is 18.2. The number of pyridine rings is 2. The Morgan fingerprint density at radius 2 is 1.60 bits per heavy atom. The Morgan fingerprint density at radius 3 is 2.30 bits per heavy atom. The van der Waals surface area contributed by atoms with Crippen LogP contribution in [0.2, 0.25) is 0 Å². The number of carbonyl (C=O) groups is 5. The lowest BCUT2D eigenvalue weighted by molar-refractivity contribution is -0.136. The number of carbonyl (C=O) groups excluding carboxylic acids is 5. The van der Waals surface area contributed by atoms with Crippen molar-refractivity contribution in [3.05, 3.63) is 136 Å². The third-order valence-corrected chi connectivity index (χ3v) is 11.5. The Bertz CT molecular complexity index is 2650. The molecule has 3 N–H and O–H groups in total. The number of aryl methyl sites for hydroxylation is 1. The third-order valence-electron chi connectivity index (χ3n) is 11.5. The van der Waals surface area contributed by atoms with Crippen LogP contribution >= 0.6 is 0 Å². The first-order valence-corrected chi connectivity index (χ1v) is 20.7. The fraction of sp³-hybridized carbons (Fsp3) is 0.277. The zero-order chi connectivity index (χ0) is 44.0. The van der Waals surface area contributed by atoms with Crippen LogP contribution in [0.1, 0.15) is 70.4 Å². The Balaban J connectivity index is 0.871. The maximum atomic E-state index is 14.1. The average molecular weight is 849 g/mol. The molecule has 0 bridgehead atoms. The van der Waals surface area contributed by atoms with Gasteiger partial charge in [-0.25, -0.2) is 9.78 Å². The van der Waals surface area contributed by atoms with Gasteiger partial charge in [-0.05, 0) is 103 Å². The van der Waals surface area contributed by atoms with E-state index in [0.29, 0.717) is 17.1 Å². The number of ether oxygens (including phenoxy) is 2. The molecule has 1 saturated heterocycles. The molecule has 0 spiro atoms. The number of nitrogens with zero attached hydrogens (tertiary/aromatic N) is 5. The van der Waals surface area contributed by atoms with Crippen molar-refractivity contribution in [3.63, 3.8) is 0 Å². The molecule has 2 fully saturated rings. The lowest BCUT2D eigenvalue weighted by Crippen LogP contribution is -2.54. The van der Waals surface area contributed by atoms with Gasteiger partial charge in [0.1, 0.15) is 42.6 Å². The van der Waals surface area contributed by atoms with Crippen LogP contribution in [0, 0.1) is 11.3 Å². The van der Waals surface area contributed by atoms with E-state index in [9.17, 15) is 28.8 Å². The van der Waals surface area contributed by atoms with Crippen molar-refractivity contribution >= 4 is 41.2 Å². The second-order valence-corrected chi connectivity index (χ2v) is 15.6. The van der Waals surface area contributed by atoms with Crippen LogP contribution in [0.3, 0.4) is 0 Å². The predicted molar refractivity (Wildman–Crippen MR) is 231 cm³/mol. The monoisotopic (exact) mass is 848 g/mol. The number of hydrogen-bond acceptors (Lipinski definition) is 11. The molecular formula is C47H44N8O8. The van der Waals surface area contributed by atoms with Gasteiger partial charge in [-0.15, -0.1) is 0 Å². The molecule has 6 amide bonds. The van der Waals surface area contributed by atoms with Crippen molar-refractivity contribution in [2.75, 3.05) is 23.4 Å². The minimum Gasteiger partial charge on any atom is -0.490 e. The molecular weight excluding hydrogens is 805 g/mol. The van der Waals surface area contributed by atoms with Crippen LogP contribution in [-0.4, -0.2) is 75.5 Å². The van der Waals surface area contributed by atoms with Gasteiger partial charge in [0.15, 0.2) is 0 Å². The molecule has 16 heteroatoms. The number of nitrogens with one attached hydrogen (secondary N) is 3. The zero-order valence-corrected chi connectivity index (χ0v) is 34.4. The molecule has 5 aromatic rings. The van der Waals surface area contributed by atoms with E-state index in [-0.39, 0.29) is 73.2 Å². The first-order chi connectivity index (χ1) is 30.6. The number of anilines is 2. The van der Waals surface area contributed by atoms with E-state index in [1.807, 2.05) is 41.3 Å². The van der Waals surface area contributed by atoms with Crippen molar-refractivity contribution in [3.8, 4) is 28.7 Å². The molecule has 4 heterocycles. The Hall–Kier alpha value is -7.80. The third kappa shape index (κ3) is 9.27. The quantitative estimate of drug-likeness (QED) is 0.102. The van der Waals surface area contributed by atoms with Gasteiger partial charge in [-0.1, -0.05) is 30.3 Å². The number of aromatic nitrogens is 2. The number of piperidine rings is 1.